The standard InChI is InChI=1S/C19H23NO3/c1-22-17-7-5-15(20-14-4-6-16(21)10-14)11-19(17)23-18-9-12-2-3-13(18)8-12/h5,7,11-13,18H,2-4,6,8-10H2,1H3/t12-,13+,18+/m0/s1. The molecule has 0 aliphatic heterocycles. The summed E-state index contributed by atoms with van der Waals surface area (Å²) in [4.78, 5) is 16.0. The lowest BCUT2D eigenvalue weighted by Crippen LogP contribution is -2.23. The molecule has 3 aliphatic rings. The van der Waals surface area contributed by atoms with Crippen molar-refractivity contribution in [1.29, 1.82) is 0 Å². The number of rotatable bonds is 4. The molecule has 0 radical (unpaired) electrons. The van der Waals surface area contributed by atoms with Crippen molar-refractivity contribution in [2.45, 2.75) is 51.0 Å². The summed E-state index contributed by atoms with van der Waals surface area (Å²) >= 11 is 0. The molecular weight excluding hydrogens is 290 g/mol. The Morgan fingerprint density at radius 1 is 1.13 bits per heavy atom. The molecule has 2 bridgehead atoms. The maximum Gasteiger partial charge on any atom is 0.163 e. The molecule has 3 atom stereocenters. The molecule has 0 N–H and O–H groups in total. The highest BCUT2D eigenvalue weighted by molar-refractivity contribution is 6.09. The lowest BCUT2D eigenvalue weighted by atomic mass is 9.98. The molecule has 1 aromatic rings. The summed E-state index contributed by atoms with van der Waals surface area (Å²) in [7, 11) is 1.67. The van der Waals surface area contributed by atoms with Crippen molar-refractivity contribution in [2.75, 3.05) is 7.11 Å². The smallest absolute Gasteiger partial charge is 0.163 e. The highest BCUT2D eigenvalue weighted by Crippen LogP contribution is 2.47. The molecular formula is C19H23NO3. The fraction of sp³-hybridized carbons (Fsp3) is 0.579. The van der Waals surface area contributed by atoms with Gasteiger partial charge in [-0.1, -0.05) is 0 Å². The van der Waals surface area contributed by atoms with Crippen LogP contribution in [-0.2, 0) is 4.79 Å². The first kappa shape index (κ1) is 14.7. The van der Waals surface area contributed by atoms with Crippen LogP contribution in [0.2, 0.25) is 0 Å². The molecule has 23 heavy (non-hydrogen) atoms. The molecule has 0 saturated heterocycles. The van der Waals surface area contributed by atoms with Gasteiger partial charge in [0.05, 0.1) is 12.8 Å². The van der Waals surface area contributed by atoms with E-state index in [-0.39, 0.29) is 5.78 Å². The molecule has 1 aromatic carbocycles. The molecule has 122 valence electrons. The number of Topliss-reactive ketones (excluding diaryl/α,β-unsaturated/α-hetero) is 1. The Hall–Kier alpha value is -1.84. The van der Waals surface area contributed by atoms with Gasteiger partial charge in [0.1, 0.15) is 11.9 Å². The summed E-state index contributed by atoms with van der Waals surface area (Å²) in [6.45, 7) is 0. The van der Waals surface area contributed by atoms with Crippen LogP contribution in [0.4, 0.5) is 5.69 Å². The van der Waals surface area contributed by atoms with E-state index in [1.54, 1.807) is 7.11 Å². The Balaban J connectivity index is 1.55. The Morgan fingerprint density at radius 3 is 2.70 bits per heavy atom. The van der Waals surface area contributed by atoms with E-state index in [9.17, 15) is 4.79 Å². The van der Waals surface area contributed by atoms with Crippen molar-refractivity contribution in [2.24, 2.45) is 16.8 Å². The third-order valence-electron chi connectivity index (χ3n) is 5.48. The average molecular weight is 313 g/mol. The van der Waals surface area contributed by atoms with Crippen molar-refractivity contribution in [3.63, 3.8) is 0 Å². The monoisotopic (exact) mass is 313 g/mol. The summed E-state index contributed by atoms with van der Waals surface area (Å²) in [5.41, 5.74) is 1.83. The van der Waals surface area contributed by atoms with Gasteiger partial charge in [0, 0.05) is 24.6 Å². The van der Waals surface area contributed by atoms with E-state index in [2.05, 4.69) is 4.99 Å². The molecule has 0 unspecified atom stereocenters. The second-order valence-corrected chi connectivity index (χ2v) is 7.06. The molecule has 0 spiro atoms. The van der Waals surface area contributed by atoms with Crippen molar-refractivity contribution < 1.29 is 14.3 Å². The summed E-state index contributed by atoms with van der Waals surface area (Å²) in [6.07, 6.45) is 7.37. The second kappa shape index (κ2) is 5.99. The van der Waals surface area contributed by atoms with Crippen LogP contribution in [0.3, 0.4) is 0 Å². The number of carbonyl (C=O) groups is 1. The number of nitrogens with zero attached hydrogens (tertiary/aromatic N) is 1. The van der Waals surface area contributed by atoms with E-state index >= 15 is 0 Å². The highest BCUT2D eigenvalue weighted by Gasteiger charge is 2.41. The maximum atomic E-state index is 11.4. The van der Waals surface area contributed by atoms with Crippen molar-refractivity contribution in [3.05, 3.63) is 18.2 Å². The zero-order valence-electron chi connectivity index (χ0n) is 13.6. The van der Waals surface area contributed by atoms with Crippen LogP contribution in [0.1, 0.15) is 44.9 Å². The molecule has 0 heterocycles. The Labute approximate surface area is 136 Å². The number of carbonyl (C=O) groups excluding carboxylic acids is 1. The minimum absolute atomic E-state index is 0.288. The molecule has 3 saturated carbocycles. The normalized spacial score (nSPS) is 31.1. The molecule has 0 aromatic heterocycles. The van der Waals surface area contributed by atoms with Gasteiger partial charge in [-0.3, -0.25) is 9.79 Å². The summed E-state index contributed by atoms with van der Waals surface area (Å²) < 4.78 is 11.7. The van der Waals surface area contributed by atoms with Crippen molar-refractivity contribution >= 4 is 17.2 Å². The van der Waals surface area contributed by atoms with Crippen LogP contribution < -0.4 is 9.47 Å². The van der Waals surface area contributed by atoms with Gasteiger partial charge < -0.3 is 9.47 Å². The van der Waals surface area contributed by atoms with Gasteiger partial charge in [-0.15, -0.1) is 0 Å². The van der Waals surface area contributed by atoms with E-state index in [1.165, 1.54) is 25.7 Å². The van der Waals surface area contributed by atoms with E-state index in [1.807, 2.05) is 18.2 Å². The SMILES string of the molecule is COc1ccc(N=C2CCC(=O)C2)cc1O[C@@H]1C[C@H]2CC[C@@H]1C2. The van der Waals surface area contributed by atoms with Gasteiger partial charge in [-0.05, 0) is 56.1 Å². The Kier molecular flexibility index (Phi) is 3.83. The third kappa shape index (κ3) is 2.99. The first-order chi connectivity index (χ1) is 11.2. The lowest BCUT2D eigenvalue weighted by Gasteiger charge is -2.24. The first-order valence-corrected chi connectivity index (χ1v) is 8.64. The van der Waals surface area contributed by atoms with Crippen molar-refractivity contribution in [3.8, 4) is 11.5 Å². The number of hydrogen-bond donors (Lipinski definition) is 0. The van der Waals surface area contributed by atoms with Gasteiger partial charge in [-0.2, -0.15) is 0 Å². The average Bonchev–Trinajstić information content (AvgIpc) is 3.25. The first-order valence-electron chi connectivity index (χ1n) is 8.64. The van der Waals surface area contributed by atoms with Crippen LogP contribution in [0.5, 0.6) is 11.5 Å². The number of fused-ring (bicyclic) bond motifs is 2. The number of aliphatic imine (C=N–C) groups is 1. The second-order valence-electron chi connectivity index (χ2n) is 7.06. The maximum absolute atomic E-state index is 11.4. The number of benzene rings is 1. The number of methoxy groups -OCH3 is 1. The van der Waals surface area contributed by atoms with E-state index < -0.39 is 0 Å². The van der Waals surface area contributed by atoms with Gasteiger partial charge >= 0.3 is 0 Å². The van der Waals surface area contributed by atoms with E-state index in [0.29, 0.717) is 24.9 Å². The molecule has 4 rings (SSSR count). The van der Waals surface area contributed by atoms with Crippen molar-refractivity contribution in [1.82, 2.24) is 0 Å². The van der Waals surface area contributed by atoms with Crippen LogP contribution in [0.15, 0.2) is 23.2 Å². The fourth-order valence-corrected chi connectivity index (χ4v) is 4.29. The molecule has 3 aliphatic carbocycles. The predicted octanol–water partition coefficient (Wildman–Crippen LogP) is 4.09. The van der Waals surface area contributed by atoms with Gasteiger partial charge in [-0.25, -0.2) is 0 Å². The molecule has 3 fully saturated rings. The Bertz CT molecular complexity index is 652. The zero-order chi connectivity index (χ0) is 15.8. The topological polar surface area (TPSA) is 47.9 Å². The summed E-state index contributed by atoms with van der Waals surface area (Å²) in [6, 6.07) is 5.81. The number of ether oxygens (including phenoxy) is 2. The highest BCUT2D eigenvalue weighted by atomic mass is 16.5. The molecule has 0 amide bonds. The zero-order valence-corrected chi connectivity index (χ0v) is 13.6. The van der Waals surface area contributed by atoms with Crippen LogP contribution in [0.25, 0.3) is 0 Å². The summed E-state index contributed by atoms with van der Waals surface area (Å²) in [5.74, 6) is 3.39. The predicted molar refractivity (Wildman–Crippen MR) is 88.8 cm³/mol. The molecule has 4 nitrogen and oxygen atoms in total. The van der Waals surface area contributed by atoms with Crippen LogP contribution in [-0.4, -0.2) is 24.7 Å². The van der Waals surface area contributed by atoms with Gasteiger partial charge in [0.25, 0.3) is 0 Å². The van der Waals surface area contributed by atoms with E-state index in [0.717, 1.165) is 35.2 Å². The number of ketones is 1. The quantitative estimate of drug-likeness (QED) is 0.841. The fourth-order valence-electron chi connectivity index (χ4n) is 4.29. The van der Waals surface area contributed by atoms with Crippen LogP contribution >= 0.6 is 0 Å². The minimum Gasteiger partial charge on any atom is -0.493 e. The minimum atomic E-state index is 0.288. The lowest BCUT2D eigenvalue weighted by molar-refractivity contribution is -0.116. The Morgan fingerprint density at radius 2 is 2.04 bits per heavy atom. The van der Waals surface area contributed by atoms with Gasteiger partial charge in [0.2, 0.25) is 0 Å². The number of hydrogen-bond acceptors (Lipinski definition) is 4. The van der Waals surface area contributed by atoms with E-state index in [4.69, 9.17) is 9.47 Å². The van der Waals surface area contributed by atoms with Crippen LogP contribution in [0, 0.1) is 11.8 Å². The third-order valence-corrected chi connectivity index (χ3v) is 5.48. The molecule has 4 heteroatoms. The largest absolute Gasteiger partial charge is 0.493 e. The summed E-state index contributed by atoms with van der Waals surface area (Å²) in [5, 5.41) is 0. The van der Waals surface area contributed by atoms with Gasteiger partial charge in [0.15, 0.2) is 11.5 Å².